The molecule has 0 fully saturated rings. The van der Waals surface area contributed by atoms with Crippen LogP contribution in [0.4, 0.5) is 0 Å². The topological polar surface area (TPSA) is 28.7 Å². The summed E-state index contributed by atoms with van der Waals surface area (Å²) in [7, 11) is 0. The van der Waals surface area contributed by atoms with E-state index < -0.39 is 0 Å². The summed E-state index contributed by atoms with van der Waals surface area (Å²) >= 11 is 11.2. The Bertz CT molecular complexity index is 605. The van der Waals surface area contributed by atoms with Crippen molar-refractivity contribution < 1.29 is 0 Å². The fourth-order valence-corrected chi connectivity index (χ4v) is 2.11. The van der Waals surface area contributed by atoms with Gasteiger partial charge in [0.15, 0.2) is 0 Å². The average Bonchev–Trinajstić information content (AvgIpc) is 2.32. The van der Waals surface area contributed by atoms with E-state index >= 15 is 0 Å². The molecule has 2 rings (SSSR count). The molecule has 0 aliphatic heterocycles. The van der Waals surface area contributed by atoms with Crippen molar-refractivity contribution in [2.45, 2.75) is 20.3 Å². The second-order valence-corrected chi connectivity index (χ2v) is 4.68. The van der Waals surface area contributed by atoms with Crippen LogP contribution in [0.25, 0.3) is 11.4 Å². The van der Waals surface area contributed by atoms with E-state index in [0.717, 1.165) is 29.1 Å². The minimum atomic E-state index is 0.649. The van der Waals surface area contributed by atoms with Crippen molar-refractivity contribution in [2.75, 3.05) is 0 Å². The molecule has 0 aliphatic carbocycles. The van der Waals surface area contributed by atoms with Crippen LogP contribution in [-0.2, 0) is 6.42 Å². The molecule has 2 aromatic rings. The Morgan fingerprint density at radius 1 is 1.41 bits per heavy atom. The summed E-state index contributed by atoms with van der Waals surface area (Å²) in [6.07, 6.45) is 0.908. The van der Waals surface area contributed by atoms with Crippen molar-refractivity contribution in [3.8, 4) is 11.4 Å². The van der Waals surface area contributed by atoms with E-state index in [0.29, 0.717) is 9.66 Å². The molecule has 0 bridgehead atoms. The summed E-state index contributed by atoms with van der Waals surface area (Å²) in [6.45, 7) is 4.09. The van der Waals surface area contributed by atoms with Crippen molar-refractivity contribution in [2.24, 2.45) is 0 Å². The van der Waals surface area contributed by atoms with Gasteiger partial charge in [0.05, 0.1) is 0 Å². The van der Waals surface area contributed by atoms with Crippen LogP contribution in [-0.4, -0.2) is 9.97 Å². The van der Waals surface area contributed by atoms with Gasteiger partial charge in [0.2, 0.25) is 0 Å². The summed E-state index contributed by atoms with van der Waals surface area (Å²) in [5.74, 6) is 0.778. The summed E-state index contributed by atoms with van der Waals surface area (Å²) < 4.78 is 0.649. The molecule has 1 aromatic heterocycles. The van der Waals surface area contributed by atoms with Gasteiger partial charge in [-0.15, -0.1) is 0 Å². The summed E-state index contributed by atoms with van der Waals surface area (Å²) in [6, 6.07) is 7.59. The smallest absolute Gasteiger partial charge is 0.139 e. The maximum absolute atomic E-state index is 5.97. The molecule has 0 amide bonds. The number of aromatic nitrogens is 2. The largest absolute Gasteiger partial charge is 0.343 e. The highest BCUT2D eigenvalue weighted by molar-refractivity contribution is 7.71. The quantitative estimate of drug-likeness (QED) is 0.818. The van der Waals surface area contributed by atoms with Crippen LogP contribution in [0.3, 0.4) is 0 Å². The molecular weight excluding hydrogens is 252 g/mol. The predicted molar refractivity (Wildman–Crippen MR) is 74.0 cm³/mol. The van der Waals surface area contributed by atoms with Crippen molar-refractivity contribution >= 4 is 23.8 Å². The standard InChI is InChI=1S/C13H13ClN2S/c1-3-11-8(2)13(17)16-12(15-11)9-5-4-6-10(14)7-9/h4-7H,3H2,1-2H3,(H,15,16,17). The van der Waals surface area contributed by atoms with E-state index in [1.807, 2.05) is 31.2 Å². The number of aryl methyl sites for hydroxylation is 1. The molecule has 0 spiro atoms. The first-order valence-electron chi connectivity index (χ1n) is 5.47. The van der Waals surface area contributed by atoms with Crippen LogP contribution >= 0.6 is 23.8 Å². The van der Waals surface area contributed by atoms with E-state index in [1.165, 1.54) is 0 Å². The van der Waals surface area contributed by atoms with Gasteiger partial charge in [-0.05, 0) is 25.5 Å². The van der Waals surface area contributed by atoms with Gasteiger partial charge in [-0.25, -0.2) is 4.98 Å². The van der Waals surface area contributed by atoms with Crippen molar-refractivity contribution in [1.82, 2.24) is 9.97 Å². The molecular formula is C13H13ClN2S. The Morgan fingerprint density at radius 2 is 2.18 bits per heavy atom. The first kappa shape index (κ1) is 12.3. The summed E-state index contributed by atoms with van der Waals surface area (Å²) in [4.78, 5) is 7.70. The molecule has 0 aliphatic rings. The van der Waals surface area contributed by atoms with E-state index in [4.69, 9.17) is 23.8 Å². The van der Waals surface area contributed by atoms with Crippen molar-refractivity contribution in [1.29, 1.82) is 0 Å². The minimum Gasteiger partial charge on any atom is -0.343 e. The molecule has 0 saturated heterocycles. The van der Waals surface area contributed by atoms with Crippen LogP contribution in [0.15, 0.2) is 24.3 Å². The van der Waals surface area contributed by atoms with Gasteiger partial charge in [0.25, 0.3) is 0 Å². The summed E-state index contributed by atoms with van der Waals surface area (Å²) in [5, 5.41) is 0.697. The number of aromatic amines is 1. The minimum absolute atomic E-state index is 0.649. The lowest BCUT2D eigenvalue weighted by atomic mass is 10.1. The number of benzene rings is 1. The number of halogens is 1. The third kappa shape index (κ3) is 2.56. The van der Waals surface area contributed by atoms with Crippen molar-refractivity contribution in [3.05, 3.63) is 45.2 Å². The fraction of sp³-hybridized carbons (Fsp3) is 0.231. The van der Waals surface area contributed by atoms with Gasteiger partial charge >= 0.3 is 0 Å². The van der Waals surface area contributed by atoms with Gasteiger partial charge in [-0.2, -0.15) is 0 Å². The second-order valence-electron chi connectivity index (χ2n) is 3.86. The first-order valence-corrected chi connectivity index (χ1v) is 6.26. The lowest BCUT2D eigenvalue weighted by molar-refractivity contribution is 0.969. The van der Waals surface area contributed by atoms with Crippen LogP contribution in [0.2, 0.25) is 5.02 Å². The van der Waals surface area contributed by atoms with Gasteiger partial charge in [0.1, 0.15) is 10.5 Å². The molecule has 0 atom stereocenters. The number of H-pyrrole nitrogens is 1. The number of rotatable bonds is 2. The Balaban J connectivity index is 2.61. The molecule has 2 nitrogen and oxygen atoms in total. The Hall–Kier alpha value is -1.19. The fourth-order valence-electron chi connectivity index (χ4n) is 1.71. The van der Waals surface area contributed by atoms with E-state index in [2.05, 4.69) is 16.9 Å². The second kappa shape index (κ2) is 4.98. The zero-order valence-electron chi connectivity index (χ0n) is 9.75. The SMILES string of the molecule is CCc1[nH]c(-c2cccc(Cl)c2)nc(=S)c1C. The zero-order chi connectivity index (χ0) is 12.4. The third-order valence-electron chi connectivity index (χ3n) is 2.71. The maximum Gasteiger partial charge on any atom is 0.139 e. The van der Waals surface area contributed by atoms with Gasteiger partial charge < -0.3 is 4.98 Å². The highest BCUT2D eigenvalue weighted by atomic mass is 35.5. The zero-order valence-corrected chi connectivity index (χ0v) is 11.3. The normalized spacial score (nSPS) is 10.5. The van der Waals surface area contributed by atoms with E-state index in [-0.39, 0.29) is 0 Å². The highest BCUT2D eigenvalue weighted by Gasteiger charge is 2.05. The molecule has 0 radical (unpaired) electrons. The molecule has 4 heteroatoms. The van der Waals surface area contributed by atoms with Gasteiger partial charge in [-0.1, -0.05) is 42.9 Å². The summed E-state index contributed by atoms with van der Waals surface area (Å²) in [5.41, 5.74) is 3.13. The van der Waals surface area contributed by atoms with Crippen LogP contribution in [0.1, 0.15) is 18.2 Å². The van der Waals surface area contributed by atoms with Gasteiger partial charge in [-0.3, -0.25) is 0 Å². The molecule has 1 heterocycles. The molecule has 0 saturated carbocycles. The van der Waals surface area contributed by atoms with Crippen LogP contribution < -0.4 is 0 Å². The monoisotopic (exact) mass is 264 g/mol. The Kier molecular flexibility index (Phi) is 3.60. The number of hydrogen-bond donors (Lipinski definition) is 1. The average molecular weight is 265 g/mol. The van der Waals surface area contributed by atoms with E-state index in [1.54, 1.807) is 0 Å². The molecule has 0 unspecified atom stereocenters. The number of hydrogen-bond acceptors (Lipinski definition) is 2. The first-order chi connectivity index (χ1) is 8.11. The lowest BCUT2D eigenvalue weighted by Crippen LogP contribution is -1.99. The van der Waals surface area contributed by atoms with Gasteiger partial charge in [0, 0.05) is 21.8 Å². The molecule has 17 heavy (non-hydrogen) atoms. The van der Waals surface area contributed by atoms with Crippen LogP contribution in [0, 0.1) is 11.6 Å². The highest BCUT2D eigenvalue weighted by Crippen LogP contribution is 2.20. The van der Waals surface area contributed by atoms with Crippen molar-refractivity contribution in [3.63, 3.8) is 0 Å². The lowest BCUT2D eigenvalue weighted by Gasteiger charge is -2.08. The van der Waals surface area contributed by atoms with E-state index in [9.17, 15) is 0 Å². The molecule has 1 N–H and O–H groups in total. The number of nitrogens with zero attached hydrogens (tertiary/aromatic N) is 1. The van der Waals surface area contributed by atoms with Crippen LogP contribution in [0.5, 0.6) is 0 Å². The Labute approximate surface area is 111 Å². The predicted octanol–water partition coefficient (Wildman–Crippen LogP) is 4.33. The third-order valence-corrected chi connectivity index (χ3v) is 3.34. The Morgan fingerprint density at radius 3 is 2.82 bits per heavy atom. The molecule has 88 valence electrons. The molecule has 1 aromatic carbocycles. The number of nitrogens with one attached hydrogen (secondary N) is 1. The maximum atomic E-state index is 5.97.